The summed E-state index contributed by atoms with van der Waals surface area (Å²) in [6.07, 6.45) is 0.917. The number of thiophene rings is 1. The van der Waals surface area contributed by atoms with E-state index in [9.17, 15) is 0 Å². The van der Waals surface area contributed by atoms with Crippen LogP contribution in [0.3, 0.4) is 0 Å². The molecule has 1 N–H and O–H groups in total. The molecule has 0 saturated heterocycles. The minimum atomic E-state index is 0.802. The first-order valence-corrected chi connectivity index (χ1v) is 7.26. The zero-order valence-electron chi connectivity index (χ0n) is 9.83. The monoisotopic (exact) mass is 311 g/mol. The fourth-order valence-electron chi connectivity index (χ4n) is 1.49. The molecule has 0 aliphatic carbocycles. The molecule has 0 amide bonds. The van der Waals surface area contributed by atoms with Crippen LogP contribution < -0.4 is 5.32 Å². The zero-order chi connectivity index (χ0) is 12.3. The Kier molecular flexibility index (Phi) is 4.12. The minimum Gasteiger partial charge on any atom is -0.370 e. The Morgan fingerprint density at radius 3 is 2.71 bits per heavy atom. The average molecular weight is 312 g/mol. The number of hydrogen-bond donors (Lipinski definition) is 1. The van der Waals surface area contributed by atoms with Gasteiger partial charge in [0.15, 0.2) is 5.82 Å². The van der Waals surface area contributed by atoms with Gasteiger partial charge in [0.2, 0.25) is 0 Å². The number of halogens is 1. The summed E-state index contributed by atoms with van der Waals surface area (Å²) in [7, 11) is 0. The van der Waals surface area contributed by atoms with E-state index in [4.69, 9.17) is 0 Å². The van der Waals surface area contributed by atoms with Crippen molar-refractivity contribution in [2.45, 2.75) is 20.3 Å². The lowest BCUT2D eigenvalue weighted by molar-refractivity contribution is 1.00. The second-order valence-electron chi connectivity index (χ2n) is 3.58. The van der Waals surface area contributed by atoms with Crippen LogP contribution >= 0.6 is 27.3 Å². The summed E-state index contributed by atoms with van der Waals surface area (Å²) >= 11 is 5.10. The molecule has 2 heterocycles. The summed E-state index contributed by atoms with van der Waals surface area (Å²) in [4.78, 5) is 10.2. The van der Waals surface area contributed by atoms with E-state index in [1.807, 2.05) is 11.4 Å². The molecule has 0 aromatic carbocycles. The molecule has 0 bridgehead atoms. The van der Waals surface area contributed by atoms with Gasteiger partial charge in [-0.2, -0.15) is 0 Å². The van der Waals surface area contributed by atoms with Gasteiger partial charge < -0.3 is 5.32 Å². The second-order valence-corrected chi connectivity index (χ2v) is 5.41. The molecule has 0 fully saturated rings. The van der Waals surface area contributed by atoms with Crippen LogP contribution in [0.25, 0.3) is 10.7 Å². The highest BCUT2D eigenvalue weighted by molar-refractivity contribution is 9.10. The molecule has 2 rings (SSSR count). The topological polar surface area (TPSA) is 37.8 Å². The van der Waals surface area contributed by atoms with E-state index in [-0.39, 0.29) is 0 Å². The molecule has 2 aromatic rings. The summed E-state index contributed by atoms with van der Waals surface area (Å²) in [5.74, 6) is 1.70. The van der Waals surface area contributed by atoms with Crippen molar-refractivity contribution in [1.29, 1.82) is 0 Å². The van der Waals surface area contributed by atoms with Crippen LogP contribution in [-0.2, 0) is 6.42 Å². The van der Waals surface area contributed by atoms with Gasteiger partial charge in [-0.15, -0.1) is 11.3 Å². The number of nitrogens with zero attached hydrogens (tertiary/aromatic N) is 2. The molecule has 0 aliphatic rings. The SMILES string of the molecule is CCNc1cc(CC)nc(-c2cc(Br)cs2)n1. The fraction of sp³-hybridized carbons (Fsp3) is 0.333. The van der Waals surface area contributed by atoms with Gasteiger partial charge in [0, 0.05) is 28.2 Å². The molecule has 0 spiro atoms. The van der Waals surface area contributed by atoms with E-state index in [0.29, 0.717) is 0 Å². The summed E-state index contributed by atoms with van der Waals surface area (Å²) in [5.41, 5.74) is 1.07. The maximum atomic E-state index is 4.56. The number of hydrogen-bond acceptors (Lipinski definition) is 4. The van der Waals surface area contributed by atoms with E-state index < -0.39 is 0 Å². The van der Waals surface area contributed by atoms with E-state index in [1.54, 1.807) is 11.3 Å². The number of aryl methyl sites for hydroxylation is 1. The van der Waals surface area contributed by atoms with Crippen molar-refractivity contribution in [1.82, 2.24) is 9.97 Å². The van der Waals surface area contributed by atoms with Crippen LogP contribution in [0.4, 0.5) is 5.82 Å². The maximum absolute atomic E-state index is 4.56. The molecule has 0 saturated carbocycles. The Hall–Kier alpha value is -0.940. The van der Waals surface area contributed by atoms with Crippen LogP contribution in [-0.4, -0.2) is 16.5 Å². The van der Waals surface area contributed by atoms with E-state index >= 15 is 0 Å². The highest BCUT2D eigenvalue weighted by atomic mass is 79.9. The lowest BCUT2D eigenvalue weighted by atomic mass is 10.3. The van der Waals surface area contributed by atoms with Gasteiger partial charge in [-0.3, -0.25) is 0 Å². The van der Waals surface area contributed by atoms with E-state index in [0.717, 1.165) is 39.7 Å². The molecule has 2 aromatic heterocycles. The van der Waals surface area contributed by atoms with Crippen LogP contribution in [0.2, 0.25) is 0 Å². The number of rotatable bonds is 4. The predicted molar refractivity (Wildman–Crippen MR) is 76.6 cm³/mol. The predicted octanol–water partition coefficient (Wildman–Crippen LogP) is 3.96. The minimum absolute atomic E-state index is 0.802. The van der Waals surface area contributed by atoms with Gasteiger partial charge in [0.25, 0.3) is 0 Å². The third-order valence-electron chi connectivity index (χ3n) is 2.29. The van der Waals surface area contributed by atoms with Crippen LogP contribution in [0.1, 0.15) is 19.5 Å². The molecule has 0 unspecified atom stereocenters. The van der Waals surface area contributed by atoms with Crippen molar-refractivity contribution in [3.8, 4) is 10.7 Å². The molecule has 3 nitrogen and oxygen atoms in total. The Balaban J connectivity index is 2.42. The number of aromatic nitrogens is 2. The van der Waals surface area contributed by atoms with E-state index in [1.165, 1.54) is 0 Å². The van der Waals surface area contributed by atoms with Crippen molar-refractivity contribution in [3.63, 3.8) is 0 Å². The third kappa shape index (κ3) is 3.04. The van der Waals surface area contributed by atoms with Gasteiger partial charge in [-0.05, 0) is 35.3 Å². The molecule has 0 radical (unpaired) electrons. The van der Waals surface area contributed by atoms with Crippen LogP contribution in [0.15, 0.2) is 22.0 Å². The maximum Gasteiger partial charge on any atom is 0.171 e. The molecule has 90 valence electrons. The van der Waals surface area contributed by atoms with Crippen molar-refractivity contribution in [2.75, 3.05) is 11.9 Å². The first-order chi connectivity index (χ1) is 8.22. The van der Waals surface area contributed by atoms with Crippen molar-refractivity contribution in [3.05, 3.63) is 27.7 Å². The molecular formula is C12H14BrN3S. The van der Waals surface area contributed by atoms with Gasteiger partial charge in [-0.25, -0.2) is 9.97 Å². The molecule has 17 heavy (non-hydrogen) atoms. The Labute approximate surface area is 113 Å². The summed E-state index contributed by atoms with van der Waals surface area (Å²) in [6.45, 7) is 5.04. The highest BCUT2D eigenvalue weighted by Gasteiger charge is 2.08. The van der Waals surface area contributed by atoms with Crippen LogP contribution in [0.5, 0.6) is 0 Å². The highest BCUT2D eigenvalue weighted by Crippen LogP contribution is 2.28. The lowest BCUT2D eigenvalue weighted by Crippen LogP contribution is -2.03. The first-order valence-electron chi connectivity index (χ1n) is 5.59. The Bertz CT molecular complexity index is 510. The van der Waals surface area contributed by atoms with Gasteiger partial charge in [0.1, 0.15) is 5.82 Å². The summed E-state index contributed by atoms with van der Waals surface area (Å²) in [6, 6.07) is 4.06. The fourth-order valence-corrected chi connectivity index (χ4v) is 2.85. The summed E-state index contributed by atoms with van der Waals surface area (Å²) in [5, 5.41) is 5.29. The largest absolute Gasteiger partial charge is 0.370 e. The number of nitrogens with one attached hydrogen (secondary N) is 1. The van der Waals surface area contributed by atoms with E-state index in [2.05, 4.69) is 51.1 Å². The smallest absolute Gasteiger partial charge is 0.171 e. The van der Waals surface area contributed by atoms with Crippen molar-refractivity contribution < 1.29 is 0 Å². The van der Waals surface area contributed by atoms with Gasteiger partial charge >= 0.3 is 0 Å². The third-order valence-corrected chi connectivity index (χ3v) is 3.97. The lowest BCUT2D eigenvalue weighted by Gasteiger charge is -2.06. The summed E-state index contributed by atoms with van der Waals surface area (Å²) < 4.78 is 1.08. The molecular weight excluding hydrogens is 298 g/mol. The molecule has 5 heteroatoms. The molecule has 0 aliphatic heterocycles. The quantitative estimate of drug-likeness (QED) is 0.928. The normalized spacial score (nSPS) is 10.5. The average Bonchev–Trinajstić information content (AvgIpc) is 2.76. The number of anilines is 1. The van der Waals surface area contributed by atoms with Crippen molar-refractivity contribution >= 4 is 33.1 Å². The first kappa shape index (κ1) is 12.5. The van der Waals surface area contributed by atoms with Gasteiger partial charge in [-0.1, -0.05) is 6.92 Å². The Morgan fingerprint density at radius 2 is 2.12 bits per heavy atom. The van der Waals surface area contributed by atoms with Crippen LogP contribution in [0, 0.1) is 0 Å². The molecule has 0 atom stereocenters. The van der Waals surface area contributed by atoms with Gasteiger partial charge in [0.05, 0.1) is 4.88 Å². The standard InChI is InChI=1S/C12H14BrN3S/c1-3-9-6-11(14-4-2)16-12(15-9)10-5-8(13)7-17-10/h5-7H,3-4H2,1-2H3,(H,14,15,16). The zero-order valence-corrected chi connectivity index (χ0v) is 12.2. The Morgan fingerprint density at radius 1 is 1.29 bits per heavy atom. The van der Waals surface area contributed by atoms with Crippen molar-refractivity contribution in [2.24, 2.45) is 0 Å². The second kappa shape index (κ2) is 5.60.